The summed E-state index contributed by atoms with van der Waals surface area (Å²) >= 11 is 0. The third-order valence-corrected chi connectivity index (χ3v) is 7.45. The molecule has 1 heterocycles. The van der Waals surface area contributed by atoms with Gasteiger partial charge in [0.15, 0.2) is 0 Å². The van der Waals surface area contributed by atoms with E-state index in [4.69, 9.17) is 0 Å². The minimum atomic E-state index is -3.44. The Morgan fingerprint density at radius 3 is 2.38 bits per heavy atom. The van der Waals surface area contributed by atoms with Crippen LogP contribution in [0.2, 0.25) is 0 Å². The van der Waals surface area contributed by atoms with Crippen LogP contribution in [0, 0.1) is 5.92 Å². The molecule has 0 spiro atoms. The van der Waals surface area contributed by atoms with Gasteiger partial charge >= 0.3 is 0 Å². The Morgan fingerprint density at radius 1 is 1.08 bits per heavy atom. The second-order valence-electron chi connectivity index (χ2n) is 7.43. The van der Waals surface area contributed by atoms with Gasteiger partial charge in [-0.2, -0.15) is 4.31 Å². The molecule has 26 heavy (non-hydrogen) atoms. The third kappa shape index (κ3) is 4.64. The fraction of sp³-hybridized carbons (Fsp3) is 0.632. The van der Waals surface area contributed by atoms with Crippen LogP contribution in [0.1, 0.15) is 32.6 Å². The maximum atomic E-state index is 12.6. The van der Waals surface area contributed by atoms with E-state index in [0.717, 1.165) is 6.42 Å². The molecule has 7 heteroatoms. The molecule has 1 aliphatic carbocycles. The number of amides is 1. The van der Waals surface area contributed by atoms with Crippen LogP contribution in [0.3, 0.4) is 0 Å². The topological polar surface area (TPSA) is 69.7 Å². The first-order valence-corrected chi connectivity index (χ1v) is 11.0. The SMILES string of the molecule is C[C@H]1CCCC[C@H]1NC(=O)CN1CCN(S(=O)(=O)c2ccccc2)CC1. The number of nitrogens with one attached hydrogen (secondary N) is 1. The van der Waals surface area contributed by atoms with Gasteiger partial charge in [-0.1, -0.05) is 38.0 Å². The molecule has 6 nitrogen and oxygen atoms in total. The highest BCUT2D eigenvalue weighted by Crippen LogP contribution is 2.23. The van der Waals surface area contributed by atoms with Crippen molar-refractivity contribution < 1.29 is 13.2 Å². The number of piperazine rings is 1. The summed E-state index contributed by atoms with van der Waals surface area (Å²) in [5.41, 5.74) is 0. The molecular weight excluding hydrogens is 350 g/mol. The maximum Gasteiger partial charge on any atom is 0.243 e. The summed E-state index contributed by atoms with van der Waals surface area (Å²) in [7, 11) is -3.44. The highest BCUT2D eigenvalue weighted by atomic mass is 32.2. The Bertz CT molecular complexity index is 700. The summed E-state index contributed by atoms with van der Waals surface area (Å²) in [6, 6.07) is 8.82. The van der Waals surface area contributed by atoms with Crippen LogP contribution in [-0.2, 0) is 14.8 Å². The highest BCUT2D eigenvalue weighted by Gasteiger charge is 2.29. The Balaban J connectivity index is 1.48. The molecule has 0 bridgehead atoms. The summed E-state index contributed by atoms with van der Waals surface area (Å²) < 4.78 is 26.8. The number of nitrogens with zero attached hydrogens (tertiary/aromatic N) is 2. The minimum Gasteiger partial charge on any atom is -0.352 e. The van der Waals surface area contributed by atoms with Crippen molar-refractivity contribution in [3.63, 3.8) is 0 Å². The van der Waals surface area contributed by atoms with E-state index in [1.165, 1.54) is 23.6 Å². The van der Waals surface area contributed by atoms with E-state index >= 15 is 0 Å². The van der Waals surface area contributed by atoms with Gasteiger partial charge in [0.25, 0.3) is 0 Å². The van der Waals surface area contributed by atoms with E-state index in [1.54, 1.807) is 24.3 Å². The molecule has 144 valence electrons. The molecule has 0 radical (unpaired) electrons. The van der Waals surface area contributed by atoms with Crippen LogP contribution < -0.4 is 5.32 Å². The van der Waals surface area contributed by atoms with E-state index in [2.05, 4.69) is 12.2 Å². The van der Waals surface area contributed by atoms with Crippen molar-refractivity contribution in [1.82, 2.24) is 14.5 Å². The maximum absolute atomic E-state index is 12.6. The lowest BCUT2D eigenvalue weighted by Crippen LogP contribution is -2.52. The van der Waals surface area contributed by atoms with Crippen molar-refractivity contribution in [2.45, 2.75) is 43.5 Å². The Morgan fingerprint density at radius 2 is 1.73 bits per heavy atom. The Hall–Kier alpha value is -1.44. The predicted octanol–water partition coefficient (Wildman–Crippen LogP) is 1.69. The normalized spacial score (nSPS) is 25.7. The van der Waals surface area contributed by atoms with E-state index in [0.29, 0.717) is 43.5 Å². The minimum absolute atomic E-state index is 0.0584. The zero-order chi connectivity index (χ0) is 18.6. The van der Waals surface area contributed by atoms with Crippen LogP contribution in [0.4, 0.5) is 0 Å². The van der Waals surface area contributed by atoms with Crippen LogP contribution in [0.15, 0.2) is 35.2 Å². The number of hydrogen-bond donors (Lipinski definition) is 1. The lowest BCUT2D eigenvalue weighted by Gasteiger charge is -2.34. The van der Waals surface area contributed by atoms with Crippen molar-refractivity contribution >= 4 is 15.9 Å². The molecule has 1 aromatic rings. The monoisotopic (exact) mass is 379 g/mol. The number of carbonyl (C=O) groups is 1. The number of rotatable bonds is 5. The van der Waals surface area contributed by atoms with Gasteiger partial charge in [0.05, 0.1) is 11.4 Å². The number of carbonyl (C=O) groups excluding carboxylic acids is 1. The van der Waals surface area contributed by atoms with Gasteiger partial charge in [-0.3, -0.25) is 9.69 Å². The zero-order valence-corrected chi connectivity index (χ0v) is 16.2. The molecule has 0 aromatic heterocycles. The van der Waals surface area contributed by atoms with Gasteiger partial charge in [-0.25, -0.2) is 8.42 Å². The van der Waals surface area contributed by atoms with Crippen molar-refractivity contribution in [3.05, 3.63) is 30.3 Å². The average Bonchev–Trinajstić information content (AvgIpc) is 2.65. The Kier molecular flexibility index (Phi) is 6.32. The summed E-state index contributed by atoms with van der Waals surface area (Å²) in [5.74, 6) is 0.601. The first kappa shape index (κ1) is 19.3. The summed E-state index contributed by atoms with van der Waals surface area (Å²) in [6.07, 6.45) is 4.69. The third-order valence-electron chi connectivity index (χ3n) is 5.54. The van der Waals surface area contributed by atoms with Gasteiger partial charge in [-0.15, -0.1) is 0 Å². The molecule has 0 unspecified atom stereocenters. The molecule has 1 amide bonds. The van der Waals surface area contributed by atoms with Crippen LogP contribution in [0.25, 0.3) is 0 Å². The first-order chi connectivity index (χ1) is 12.5. The fourth-order valence-electron chi connectivity index (χ4n) is 3.86. The number of sulfonamides is 1. The second-order valence-corrected chi connectivity index (χ2v) is 9.37. The molecule has 1 N–H and O–H groups in total. The molecule has 1 aromatic carbocycles. The van der Waals surface area contributed by atoms with Crippen LogP contribution in [0.5, 0.6) is 0 Å². The van der Waals surface area contributed by atoms with Crippen molar-refractivity contribution in [1.29, 1.82) is 0 Å². The smallest absolute Gasteiger partial charge is 0.243 e. The van der Waals surface area contributed by atoms with Crippen molar-refractivity contribution in [2.24, 2.45) is 5.92 Å². The van der Waals surface area contributed by atoms with E-state index in [1.807, 2.05) is 11.0 Å². The van der Waals surface area contributed by atoms with Crippen LogP contribution in [-0.4, -0.2) is 62.3 Å². The molecule has 1 saturated heterocycles. The van der Waals surface area contributed by atoms with Crippen LogP contribution >= 0.6 is 0 Å². The molecule has 2 fully saturated rings. The van der Waals surface area contributed by atoms with Crippen molar-refractivity contribution in [3.8, 4) is 0 Å². The van der Waals surface area contributed by atoms with E-state index < -0.39 is 10.0 Å². The average molecular weight is 380 g/mol. The second kappa shape index (κ2) is 8.50. The van der Waals surface area contributed by atoms with Gasteiger partial charge < -0.3 is 5.32 Å². The molecule has 3 rings (SSSR count). The van der Waals surface area contributed by atoms with E-state index in [-0.39, 0.29) is 11.9 Å². The highest BCUT2D eigenvalue weighted by molar-refractivity contribution is 7.89. The van der Waals surface area contributed by atoms with Gasteiger partial charge in [0.1, 0.15) is 0 Å². The largest absolute Gasteiger partial charge is 0.352 e. The van der Waals surface area contributed by atoms with Gasteiger partial charge in [-0.05, 0) is 30.9 Å². The summed E-state index contributed by atoms with van der Waals surface area (Å²) in [4.78, 5) is 14.7. The molecular formula is C19H29N3O3S. The van der Waals surface area contributed by atoms with Gasteiger partial charge in [0, 0.05) is 32.2 Å². The van der Waals surface area contributed by atoms with E-state index in [9.17, 15) is 13.2 Å². The lowest BCUT2D eigenvalue weighted by atomic mass is 9.86. The molecule has 2 atom stereocenters. The van der Waals surface area contributed by atoms with Crippen molar-refractivity contribution in [2.75, 3.05) is 32.7 Å². The lowest BCUT2D eigenvalue weighted by molar-refractivity contribution is -0.123. The summed E-state index contributed by atoms with van der Waals surface area (Å²) in [5, 5.41) is 3.17. The first-order valence-electron chi connectivity index (χ1n) is 9.54. The molecule has 1 aliphatic heterocycles. The zero-order valence-electron chi connectivity index (χ0n) is 15.4. The Labute approximate surface area is 156 Å². The number of hydrogen-bond acceptors (Lipinski definition) is 4. The summed E-state index contributed by atoms with van der Waals surface area (Å²) in [6.45, 7) is 4.56. The number of benzene rings is 1. The molecule has 2 aliphatic rings. The van der Waals surface area contributed by atoms with Gasteiger partial charge in [0.2, 0.25) is 15.9 Å². The standard InChI is InChI=1S/C19H29N3O3S/c1-16-7-5-6-10-18(16)20-19(23)15-21-11-13-22(14-12-21)26(24,25)17-8-3-2-4-9-17/h2-4,8-9,16,18H,5-7,10-15H2,1H3,(H,20,23)/t16-,18+/m0/s1. The quantitative estimate of drug-likeness (QED) is 0.845. The molecule has 1 saturated carbocycles. The predicted molar refractivity (Wildman–Crippen MR) is 101 cm³/mol. The fourth-order valence-corrected chi connectivity index (χ4v) is 5.30.